The van der Waals surface area contributed by atoms with Gasteiger partial charge < -0.3 is 0 Å². The van der Waals surface area contributed by atoms with E-state index in [1.54, 1.807) is 6.07 Å². The van der Waals surface area contributed by atoms with Gasteiger partial charge >= 0.3 is 0 Å². The molecule has 0 atom stereocenters. The number of halogens is 4. The van der Waals surface area contributed by atoms with Gasteiger partial charge in [0.2, 0.25) is 0 Å². The number of alkyl halides is 4. The summed E-state index contributed by atoms with van der Waals surface area (Å²) in [4.78, 5) is 0. The van der Waals surface area contributed by atoms with Crippen molar-refractivity contribution in [2.24, 2.45) is 0 Å². The Morgan fingerprint density at radius 1 is 0.812 bits per heavy atom. The topological polar surface area (TPSA) is 0 Å². The predicted molar refractivity (Wildman–Crippen MR) is 53.9 cm³/mol. The van der Waals surface area contributed by atoms with Gasteiger partial charge in [-0.15, -0.1) is 0 Å². The third-order valence-corrected chi connectivity index (χ3v) is 2.43. The van der Waals surface area contributed by atoms with Crippen molar-refractivity contribution in [3.63, 3.8) is 0 Å². The second-order valence-corrected chi connectivity index (χ2v) is 3.43. The monoisotopic (exact) mass is 228 g/mol. The lowest BCUT2D eigenvalue weighted by Crippen LogP contribution is -1.89. The van der Waals surface area contributed by atoms with Crippen LogP contribution in [0, 0.1) is 0 Å². The van der Waals surface area contributed by atoms with Gasteiger partial charge in [-0.05, 0) is 16.8 Å². The summed E-state index contributed by atoms with van der Waals surface area (Å²) in [5, 5.41) is 0.734. The lowest BCUT2D eigenvalue weighted by atomic mass is 10.0. The van der Waals surface area contributed by atoms with Crippen LogP contribution in [0.4, 0.5) is 17.6 Å². The van der Waals surface area contributed by atoms with Crippen LogP contribution in [0.1, 0.15) is 24.0 Å². The predicted octanol–water partition coefficient (Wildman–Crippen LogP) is 4.72. The van der Waals surface area contributed by atoms with Gasteiger partial charge in [0.15, 0.2) is 0 Å². The van der Waals surface area contributed by atoms with E-state index in [2.05, 4.69) is 0 Å². The molecule has 0 fully saturated rings. The van der Waals surface area contributed by atoms with Gasteiger partial charge in [0.25, 0.3) is 12.9 Å². The van der Waals surface area contributed by atoms with Crippen LogP contribution in [-0.2, 0) is 0 Å². The van der Waals surface area contributed by atoms with E-state index in [1.165, 1.54) is 24.3 Å². The summed E-state index contributed by atoms with van der Waals surface area (Å²) in [5.41, 5.74) is -0.444. The van der Waals surface area contributed by atoms with Crippen molar-refractivity contribution >= 4 is 10.8 Å². The summed E-state index contributed by atoms with van der Waals surface area (Å²) < 4.78 is 50.2. The van der Waals surface area contributed by atoms with Crippen molar-refractivity contribution in [1.82, 2.24) is 0 Å². The van der Waals surface area contributed by atoms with Crippen molar-refractivity contribution in [2.75, 3.05) is 0 Å². The van der Waals surface area contributed by atoms with E-state index in [0.29, 0.717) is 5.39 Å². The van der Waals surface area contributed by atoms with Crippen molar-refractivity contribution in [3.8, 4) is 0 Å². The van der Waals surface area contributed by atoms with Gasteiger partial charge in [0.1, 0.15) is 0 Å². The third-order valence-electron chi connectivity index (χ3n) is 2.43. The van der Waals surface area contributed by atoms with Gasteiger partial charge in [-0.2, -0.15) is 0 Å². The molecule has 4 heteroatoms. The van der Waals surface area contributed by atoms with Gasteiger partial charge in [-0.1, -0.05) is 30.3 Å². The van der Waals surface area contributed by atoms with Crippen LogP contribution in [0.2, 0.25) is 0 Å². The molecule has 84 valence electrons. The van der Waals surface area contributed by atoms with Crippen LogP contribution >= 0.6 is 0 Å². The molecule has 16 heavy (non-hydrogen) atoms. The molecule has 0 radical (unpaired) electrons. The summed E-state index contributed by atoms with van der Waals surface area (Å²) in [7, 11) is 0. The van der Waals surface area contributed by atoms with Gasteiger partial charge in [0, 0.05) is 11.1 Å². The maximum atomic E-state index is 12.6. The molecule has 0 heterocycles. The highest BCUT2D eigenvalue weighted by Crippen LogP contribution is 2.30. The lowest BCUT2D eigenvalue weighted by Gasteiger charge is -2.07. The number of hydrogen-bond donors (Lipinski definition) is 0. The first-order valence-electron chi connectivity index (χ1n) is 4.68. The molecule has 0 saturated carbocycles. The van der Waals surface area contributed by atoms with E-state index in [9.17, 15) is 17.6 Å². The van der Waals surface area contributed by atoms with Crippen LogP contribution < -0.4 is 0 Å². The fourth-order valence-corrected chi connectivity index (χ4v) is 1.64. The Labute approximate surface area is 89.5 Å². The fraction of sp³-hybridized carbons (Fsp3) is 0.167. The fourth-order valence-electron chi connectivity index (χ4n) is 1.64. The zero-order chi connectivity index (χ0) is 11.7. The Morgan fingerprint density at radius 3 is 2.19 bits per heavy atom. The summed E-state index contributed by atoms with van der Waals surface area (Å²) in [5.74, 6) is 0. The molecule has 2 rings (SSSR count). The van der Waals surface area contributed by atoms with Gasteiger partial charge in [0.05, 0.1) is 0 Å². The molecule has 0 aliphatic rings. The lowest BCUT2D eigenvalue weighted by molar-refractivity contribution is 0.150. The van der Waals surface area contributed by atoms with Crippen molar-refractivity contribution in [1.29, 1.82) is 0 Å². The van der Waals surface area contributed by atoms with E-state index < -0.39 is 12.9 Å². The van der Waals surface area contributed by atoms with Gasteiger partial charge in [-0.25, -0.2) is 17.6 Å². The van der Waals surface area contributed by atoms with E-state index in [1.807, 2.05) is 0 Å². The molecule has 0 bridgehead atoms. The smallest absolute Gasteiger partial charge is 0.205 e. The van der Waals surface area contributed by atoms with Crippen molar-refractivity contribution < 1.29 is 17.6 Å². The summed E-state index contributed by atoms with van der Waals surface area (Å²) in [6.45, 7) is 0. The second kappa shape index (κ2) is 4.12. The minimum atomic E-state index is -2.66. The molecule has 0 unspecified atom stereocenters. The van der Waals surface area contributed by atoms with Gasteiger partial charge in [-0.3, -0.25) is 0 Å². The average Bonchev–Trinajstić information content (AvgIpc) is 2.27. The highest BCUT2D eigenvalue weighted by atomic mass is 19.3. The van der Waals surface area contributed by atoms with E-state index in [-0.39, 0.29) is 16.5 Å². The molecule has 0 nitrogen and oxygen atoms in total. The molecular formula is C12H8F4. The molecule has 2 aromatic rings. The van der Waals surface area contributed by atoms with Crippen LogP contribution in [-0.4, -0.2) is 0 Å². The molecule has 0 spiro atoms. The average molecular weight is 228 g/mol. The first kappa shape index (κ1) is 10.9. The summed E-state index contributed by atoms with van der Waals surface area (Å²) >= 11 is 0. The number of fused-ring (bicyclic) bond motifs is 1. The normalized spacial score (nSPS) is 11.6. The summed E-state index contributed by atoms with van der Waals surface area (Å²) in [6.07, 6.45) is -5.30. The third kappa shape index (κ3) is 1.87. The SMILES string of the molecule is FC(F)c1ccc2cccc(C(F)F)c2c1. The van der Waals surface area contributed by atoms with Crippen LogP contribution in [0.25, 0.3) is 10.8 Å². The minimum absolute atomic E-state index is 0.190. The van der Waals surface area contributed by atoms with Crippen LogP contribution in [0.15, 0.2) is 36.4 Å². The molecular weight excluding hydrogens is 220 g/mol. The van der Waals surface area contributed by atoms with E-state index >= 15 is 0 Å². The zero-order valence-electron chi connectivity index (χ0n) is 8.13. The Balaban J connectivity index is 2.68. The standard InChI is InChI=1S/C12H8F4/c13-11(14)8-5-4-7-2-1-3-9(12(15)16)10(7)6-8/h1-6,11-12H. The molecule has 2 aromatic carbocycles. The van der Waals surface area contributed by atoms with Crippen LogP contribution in [0.3, 0.4) is 0 Å². The van der Waals surface area contributed by atoms with Crippen molar-refractivity contribution in [2.45, 2.75) is 12.9 Å². The first-order valence-corrected chi connectivity index (χ1v) is 4.68. The number of hydrogen-bond acceptors (Lipinski definition) is 0. The zero-order valence-corrected chi connectivity index (χ0v) is 8.13. The number of benzene rings is 2. The van der Waals surface area contributed by atoms with E-state index in [0.717, 1.165) is 6.07 Å². The van der Waals surface area contributed by atoms with E-state index in [4.69, 9.17) is 0 Å². The maximum Gasteiger partial charge on any atom is 0.264 e. The maximum absolute atomic E-state index is 12.6. The Kier molecular flexibility index (Phi) is 2.81. The highest BCUT2D eigenvalue weighted by Gasteiger charge is 2.13. The summed E-state index contributed by atoms with van der Waals surface area (Å²) in [6, 6.07) is 8.18. The molecule has 0 amide bonds. The van der Waals surface area contributed by atoms with Crippen molar-refractivity contribution in [3.05, 3.63) is 47.5 Å². The molecule has 0 aromatic heterocycles. The molecule has 0 saturated heterocycles. The number of rotatable bonds is 2. The second-order valence-electron chi connectivity index (χ2n) is 3.43. The molecule has 0 aliphatic carbocycles. The Morgan fingerprint density at radius 2 is 1.56 bits per heavy atom. The quantitative estimate of drug-likeness (QED) is 0.652. The minimum Gasteiger partial charge on any atom is -0.205 e. The Bertz CT molecular complexity index is 505. The highest BCUT2D eigenvalue weighted by molar-refractivity contribution is 5.86. The largest absolute Gasteiger partial charge is 0.264 e. The molecule has 0 aliphatic heterocycles. The molecule has 0 N–H and O–H groups in total. The van der Waals surface area contributed by atoms with Crippen LogP contribution in [0.5, 0.6) is 0 Å². The Hall–Kier alpha value is -1.58. The first-order chi connectivity index (χ1) is 7.59.